The summed E-state index contributed by atoms with van der Waals surface area (Å²) in [4.78, 5) is 10.4. The quantitative estimate of drug-likeness (QED) is 0.412. The van der Waals surface area contributed by atoms with E-state index in [-0.39, 0.29) is 12.1 Å². The predicted octanol–water partition coefficient (Wildman–Crippen LogP) is 1.16. The van der Waals surface area contributed by atoms with Crippen LogP contribution in [-0.4, -0.2) is 19.5 Å². The molecule has 0 aliphatic rings. The zero-order chi connectivity index (χ0) is 6.41. The van der Waals surface area contributed by atoms with E-state index in [0.717, 1.165) is 6.42 Å². The van der Waals surface area contributed by atoms with E-state index in [1.807, 2.05) is 0 Å². The summed E-state index contributed by atoms with van der Waals surface area (Å²) < 4.78 is 0. The molecule has 0 N–H and O–H groups in total. The van der Waals surface area contributed by atoms with E-state index in [1.165, 1.54) is 0 Å². The largest absolute Gasteiger partial charge is 0.301 e. The first-order valence-corrected chi connectivity index (χ1v) is 3.12. The van der Waals surface area contributed by atoms with Crippen LogP contribution in [-0.2, 0) is 4.79 Å². The molecule has 0 aromatic rings. The Morgan fingerprint density at radius 1 is 1.62 bits per heavy atom. The fourth-order valence-corrected chi connectivity index (χ4v) is 0.500. The first-order valence-electron chi connectivity index (χ1n) is 2.59. The van der Waals surface area contributed by atoms with Crippen molar-refractivity contribution in [3.05, 3.63) is 0 Å². The van der Waals surface area contributed by atoms with Gasteiger partial charge in [0.1, 0.15) is 5.78 Å². The fourth-order valence-electron chi connectivity index (χ4n) is 0.366. The zero-order valence-corrected chi connectivity index (χ0v) is 5.45. The van der Waals surface area contributed by atoms with Crippen LogP contribution in [0.2, 0.25) is 6.32 Å². The average Bonchev–Trinajstić information content (AvgIpc) is 1.83. The lowest BCUT2D eigenvalue weighted by Crippen LogP contribution is -1.95. The highest BCUT2D eigenvalue weighted by Crippen LogP contribution is 1.94. The third-order valence-electron chi connectivity index (χ3n) is 0.817. The Labute approximate surface area is 55.8 Å². The average molecular weight is 130 g/mol. The molecule has 0 saturated carbocycles. The Hall–Kier alpha value is 0.0249. The summed E-state index contributed by atoms with van der Waals surface area (Å²) in [7, 11) is 5.02. The normalized spacial score (nSPS) is 9.12. The van der Waals surface area contributed by atoms with Gasteiger partial charge in [0.2, 0.25) is 0 Å². The minimum atomic E-state index is 0.0886. The first kappa shape index (κ1) is 8.02. The lowest BCUT2D eigenvalue weighted by Gasteiger charge is -1.90. The third kappa shape index (κ3) is 4.19. The Morgan fingerprint density at radius 3 is 2.62 bits per heavy atom. The molecule has 0 unspecified atom stereocenters. The molecule has 1 nitrogen and oxygen atoms in total. The molecule has 0 fully saturated rings. The van der Waals surface area contributed by atoms with Crippen LogP contribution < -0.4 is 0 Å². The highest BCUT2D eigenvalue weighted by molar-refractivity contribution is 6.20. The second-order valence-electron chi connectivity index (χ2n) is 1.54. The van der Waals surface area contributed by atoms with Crippen molar-refractivity contribution in [3.63, 3.8) is 0 Å². The highest BCUT2D eigenvalue weighted by Gasteiger charge is 1.94. The molecule has 0 saturated heterocycles. The standard InChI is InChI=1S/C5H8BClO/c6-4-5(8)2-1-3-7/h1-4H2. The third-order valence-corrected chi connectivity index (χ3v) is 1.08. The lowest BCUT2D eigenvalue weighted by atomic mass is 9.98. The number of hydrogen-bond acceptors (Lipinski definition) is 1. The molecule has 8 heavy (non-hydrogen) atoms. The van der Waals surface area contributed by atoms with E-state index in [1.54, 1.807) is 0 Å². The lowest BCUT2D eigenvalue weighted by molar-refractivity contribution is -0.116. The summed E-state index contributed by atoms with van der Waals surface area (Å²) in [5.74, 6) is 0.636. The van der Waals surface area contributed by atoms with Gasteiger partial charge in [-0.1, -0.05) is 0 Å². The molecule has 0 rings (SSSR count). The Kier molecular flexibility index (Phi) is 5.18. The molecule has 0 aliphatic carbocycles. The Balaban J connectivity index is 2.99. The molecule has 0 aromatic heterocycles. The van der Waals surface area contributed by atoms with Crippen molar-refractivity contribution < 1.29 is 4.79 Å². The minimum absolute atomic E-state index is 0.0886. The van der Waals surface area contributed by atoms with Crippen LogP contribution in [0.1, 0.15) is 12.8 Å². The number of alkyl halides is 1. The van der Waals surface area contributed by atoms with Gasteiger partial charge in [-0.25, -0.2) is 0 Å². The number of carbonyl (C=O) groups is 1. The SMILES string of the molecule is [B]CC(=O)CCCCl. The first-order chi connectivity index (χ1) is 3.81. The molecule has 0 atom stereocenters. The van der Waals surface area contributed by atoms with Crippen molar-refractivity contribution in [1.82, 2.24) is 0 Å². The number of halogens is 1. The molecule has 3 heteroatoms. The molecule has 0 bridgehead atoms. The van der Waals surface area contributed by atoms with E-state index >= 15 is 0 Å². The van der Waals surface area contributed by atoms with E-state index < -0.39 is 0 Å². The number of Topliss-reactive ketones (excluding diaryl/α,β-unsaturated/α-hetero) is 1. The van der Waals surface area contributed by atoms with E-state index in [2.05, 4.69) is 0 Å². The van der Waals surface area contributed by atoms with E-state index in [9.17, 15) is 4.79 Å². The number of rotatable bonds is 4. The van der Waals surface area contributed by atoms with Crippen molar-refractivity contribution in [2.45, 2.75) is 19.2 Å². The maximum Gasteiger partial charge on any atom is 0.124 e. The summed E-state index contributed by atoms with van der Waals surface area (Å²) >= 11 is 5.31. The van der Waals surface area contributed by atoms with Crippen LogP contribution in [0.25, 0.3) is 0 Å². The van der Waals surface area contributed by atoms with Gasteiger partial charge in [0.25, 0.3) is 0 Å². The number of carbonyl (C=O) groups excluding carboxylic acids is 1. The number of ketones is 1. The van der Waals surface area contributed by atoms with E-state index in [4.69, 9.17) is 19.4 Å². The van der Waals surface area contributed by atoms with Gasteiger partial charge in [-0.05, 0) is 12.7 Å². The molecule has 0 heterocycles. The second kappa shape index (κ2) is 5.17. The Bertz CT molecular complexity index is 74.8. The van der Waals surface area contributed by atoms with Gasteiger partial charge in [0.05, 0.1) is 7.85 Å². The van der Waals surface area contributed by atoms with Crippen LogP contribution in [0.4, 0.5) is 0 Å². The molecule has 2 radical (unpaired) electrons. The van der Waals surface area contributed by atoms with Gasteiger partial charge in [-0.15, -0.1) is 11.6 Å². The summed E-state index contributed by atoms with van der Waals surface area (Å²) in [6.45, 7) is 0. The van der Waals surface area contributed by atoms with Crippen LogP contribution in [0.5, 0.6) is 0 Å². The predicted molar refractivity (Wildman–Crippen MR) is 35.5 cm³/mol. The fraction of sp³-hybridized carbons (Fsp3) is 0.800. The van der Waals surface area contributed by atoms with Gasteiger partial charge in [-0.2, -0.15) is 0 Å². The van der Waals surface area contributed by atoms with Crippen LogP contribution in [0, 0.1) is 0 Å². The summed E-state index contributed by atoms with van der Waals surface area (Å²) in [6, 6.07) is 0. The Morgan fingerprint density at radius 2 is 2.25 bits per heavy atom. The summed E-state index contributed by atoms with van der Waals surface area (Å²) in [5.41, 5.74) is 0. The maximum atomic E-state index is 10.4. The molecule has 0 spiro atoms. The molecule has 0 aliphatic heterocycles. The molecular weight excluding hydrogens is 122 g/mol. The van der Waals surface area contributed by atoms with Gasteiger partial charge >= 0.3 is 0 Å². The maximum absolute atomic E-state index is 10.4. The molecule has 0 aromatic carbocycles. The summed E-state index contributed by atoms with van der Waals surface area (Å²) in [5, 5.41) is 0. The zero-order valence-electron chi connectivity index (χ0n) is 4.69. The minimum Gasteiger partial charge on any atom is -0.301 e. The smallest absolute Gasteiger partial charge is 0.124 e. The van der Waals surface area contributed by atoms with Crippen LogP contribution in [0.15, 0.2) is 0 Å². The molecule has 0 amide bonds. The van der Waals surface area contributed by atoms with Gasteiger partial charge in [0.15, 0.2) is 0 Å². The molecule has 44 valence electrons. The van der Waals surface area contributed by atoms with Crippen molar-refractivity contribution in [3.8, 4) is 0 Å². The van der Waals surface area contributed by atoms with Gasteiger partial charge < -0.3 is 4.79 Å². The molecular formula is C5H8BClO. The van der Waals surface area contributed by atoms with Crippen LogP contribution >= 0.6 is 11.6 Å². The topological polar surface area (TPSA) is 17.1 Å². The monoisotopic (exact) mass is 130 g/mol. The van der Waals surface area contributed by atoms with Gasteiger partial charge in [-0.3, -0.25) is 0 Å². The summed E-state index contributed by atoms with van der Waals surface area (Å²) in [6.07, 6.45) is 1.43. The van der Waals surface area contributed by atoms with Crippen molar-refractivity contribution in [1.29, 1.82) is 0 Å². The van der Waals surface area contributed by atoms with Crippen molar-refractivity contribution in [2.75, 3.05) is 5.88 Å². The van der Waals surface area contributed by atoms with Crippen LogP contribution in [0.3, 0.4) is 0 Å². The van der Waals surface area contributed by atoms with Crippen molar-refractivity contribution in [2.24, 2.45) is 0 Å². The number of hydrogen-bond donors (Lipinski definition) is 0. The highest BCUT2D eigenvalue weighted by atomic mass is 35.5. The van der Waals surface area contributed by atoms with Gasteiger partial charge in [0, 0.05) is 12.3 Å². The second-order valence-corrected chi connectivity index (χ2v) is 1.91. The van der Waals surface area contributed by atoms with Crippen molar-refractivity contribution >= 4 is 25.2 Å². The van der Waals surface area contributed by atoms with E-state index in [0.29, 0.717) is 12.3 Å².